The van der Waals surface area contributed by atoms with Gasteiger partial charge in [0.2, 0.25) is 0 Å². The molecular formula is C15H21NO2. The summed E-state index contributed by atoms with van der Waals surface area (Å²) >= 11 is 0. The summed E-state index contributed by atoms with van der Waals surface area (Å²) in [6.45, 7) is 4.04. The Balaban J connectivity index is 2.00. The number of rotatable bonds is 2. The molecule has 2 N–H and O–H groups in total. The maximum Gasteiger partial charge on any atom is 0.251 e. The molecule has 1 amide bonds. The Hall–Kier alpha value is -1.51. The van der Waals surface area contributed by atoms with E-state index in [-0.39, 0.29) is 11.7 Å². The van der Waals surface area contributed by atoms with Crippen molar-refractivity contribution in [2.75, 3.05) is 0 Å². The van der Waals surface area contributed by atoms with Crippen LogP contribution in [0.15, 0.2) is 18.2 Å². The van der Waals surface area contributed by atoms with E-state index in [1.807, 2.05) is 0 Å². The fourth-order valence-electron chi connectivity index (χ4n) is 2.63. The first-order valence-corrected chi connectivity index (χ1v) is 6.66. The standard InChI is InChI=1S/C15H21NO2/c1-10-4-3-5-13(8-10)16-15(18)12-6-7-14(17)11(2)9-12/h6-7,9-10,13,17H,3-5,8H2,1-2H3,(H,16,18). The van der Waals surface area contributed by atoms with Crippen molar-refractivity contribution in [3.05, 3.63) is 29.3 Å². The van der Waals surface area contributed by atoms with E-state index in [9.17, 15) is 9.90 Å². The smallest absolute Gasteiger partial charge is 0.251 e. The molecule has 18 heavy (non-hydrogen) atoms. The van der Waals surface area contributed by atoms with E-state index in [1.165, 1.54) is 12.8 Å². The van der Waals surface area contributed by atoms with Gasteiger partial charge in [-0.1, -0.05) is 19.8 Å². The lowest BCUT2D eigenvalue weighted by Gasteiger charge is -2.27. The number of benzene rings is 1. The third-order valence-electron chi connectivity index (χ3n) is 3.73. The van der Waals surface area contributed by atoms with Crippen LogP contribution in [0.4, 0.5) is 0 Å². The van der Waals surface area contributed by atoms with Crippen LogP contribution in [-0.4, -0.2) is 17.1 Å². The summed E-state index contributed by atoms with van der Waals surface area (Å²) in [5, 5.41) is 12.5. The molecule has 1 aromatic rings. The van der Waals surface area contributed by atoms with Crippen LogP contribution in [0.25, 0.3) is 0 Å². The lowest BCUT2D eigenvalue weighted by molar-refractivity contribution is 0.0921. The fourth-order valence-corrected chi connectivity index (χ4v) is 2.63. The van der Waals surface area contributed by atoms with Crippen LogP contribution in [0.1, 0.15) is 48.5 Å². The van der Waals surface area contributed by atoms with Crippen molar-refractivity contribution in [2.24, 2.45) is 5.92 Å². The number of amides is 1. The van der Waals surface area contributed by atoms with Gasteiger partial charge in [-0.3, -0.25) is 4.79 Å². The van der Waals surface area contributed by atoms with Crippen LogP contribution in [0.5, 0.6) is 5.75 Å². The molecule has 0 bridgehead atoms. The first kappa shape index (κ1) is 12.9. The van der Waals surface area contributed by atoms with Crippen LogP contribution < -0.4 is 5.32 Å². The van der Waals surface area contributed by atoms with Gasteiger partial charge < -0.3 is 10.4 Å². The largest absolute Gasteiger partial charge is 0.508 e. The molecule has 0 radical (unpaired) electrons. The Morgan fingerprint density at radius 3 is 2.83 bits per heavy atom. The van der Waals surface area contributed by atoms with Crippen molar-refractivity contribution in [1.29, 1.82) is 0 Å². The highest BCUT2D eigenvalue weighted by Gasteiger charge is 2.20. The number of carbonyl (C=O) groups is 1. The van der Waals surface area contributed by atoms with E-state index < -0.39 is 0 Å². The van der Waals surface area contributed by atoms with Crippen LogP contribution in [-0.2, 0) is 0 Å². The van der Waals surface area contributed by atoms with Gasteiger partial charge in [0.15, 0.2) is 0 Å². The summed E-state index contributed by atoms with van der Waals surface area (Å²) in [6, 6.07) is 5.28. The predicted octanol–water partition coefficient (Wildman–Crippen LogP) is 3.01. The molecule has 0 spiro atoms. The molecule has 2 atom stereocenters. The zero-order valence-corrected chi connectivity index (χ0v) is 11.1. The van der Waals surface area contributed by atoms with Gasteiger partial charge in [0, 0.05) is 11.6 Å². The summed E-state index contributed by atoms with van der Waals surface area (Å²) in [5.41, 5.74) is 1.36. The molecule has 98 valence electrons. The quantitative estimate of drug-likeness (QED) is 0.844. The predicted molar refractivity (Wildman–Crippen MR) is 71.7 cm³/mol. The molecular weight excluding hydrogens is 226 g/mol. The first-order valence-electron chi connectivity index (χ1n) is 6.66. The van der Waals surface area contributed by atoms with Crippen LogP contribution in [0, 0.1) is 12.8 Å². The monoisotopic (exact) mass is 247 g/mol. The lowest BCUT2D eigenvalue weighted by atomic mass is 9.87. The Morgan fingerprint density at radius 2 is 2.17 bits per heavy atom. The number of phenols is 1. The van der Waals surface area contributed by atoms with E-state index >= 15 is 0 Å². The van der Waals surface area contributed by atoms with Gasteiger partial charge in [0.25, 0.3) is 5.91 Å². The summed E-state index contributed by atoms with van der Waals surface area (Å²) in [6.07, 6.45) is 4.61. The number of hydrogen-bond donors (Lipinski definition) is 2. The molecule has 2 unspecified atom stereocenters. The topological polar surface area (TPSA) is 49.3 Å². The number of carbonyl (C=O) groups excluding carboxylic acids is 1. The highest BCUT2D eigenvalue weighted by Crippen LogP contribution is 2.24. The van der Waals surface area contributed by atoms with Crippen molar-refractivity contribution in [3.8, 4) is 5.75 Å². The maximum atomic E-state index is 12.1. The van der Waals surface area contributed by atoms with Gasteiger partial charge in [-0.25, -0.2) is 0 Å². The molecule has 1 saturated carbocycles. The van der Waals surface area contributed by atoms with Crippen LogP contribution in [0.3, 0.4) is 0 Å². The fraction of sp³-hybridized carbons (Fsp3) is 0.533. The molecule has 1 fully saturated rings. The summed E-state index contributed by atoms with van der Waals surface area (Å²) in [7, 11) is 0. The Labute approximate surface area is 108 Å². The van der Waals surface area contributed by atoms with Gasteiger partial charge in [-0.05, 0) is 49.4 Å². The number of nitrogens with one attached hydrogen (secondary N) is 1. The average molecular weight is 247 g/mol. The first-order chi connectivity index (χ1) is 8.56. The van der Waals surface area contributed by atoms with Crippen molar-refractivity contribution >= 4 is 5.91 Å². The minimum atomic E-state index is -0.0304. The molecule has 3 heteroatoms. The highest BCUT2D eigenvalue weighted by atomic mass is 16.3. The summed E-state index contributed by atoms with van der Waals surface area (Å²) in [5.74, 6) is 0.903. The van der Waals surface area contributed by atoms with E-state index in [0.717, 1.165) is 18.4 Å². The second-order valence-corrected chi connectivity index (χ2v) is 5.44. The third kappa shape index (κ3) is 3.03. The number of hydrogen-bond acceptors (Lipinski definition) is 2. The SMILES string of the molecule is Cc1cc(C(=O)NC2CCCC(C)C2)ccc1O. The maximum absolute atomic E-state index is 12.1. The summed E-state index contributed by atoms with van der Waals surface area (Å²) in [4.78, 5) is 12.1. The zero-order chi connectivity index (χ0) is 13.1. The Bertz CT molecular complexity index is 442. The second kappa shape index (κ2) is 5.42. The molecule has 2 rings (SSSR count). The molecule has 0 aromatic heterocycles. The van der Waals surface area contributed by atoms with Crippen LogP contribution in [0.2, 0.25) is 0 Å². The second-order valence-electron chi connectivity index (χ2n) is 5.44. The van der Waals surface area contributed by atoms with Crippen molar-refractivity contribution in [3.63, 3.8) is 0 Å². The van der Waals surface area contributed by atoms with Gasteiger partial charge in [0.05, 0.1) is 0 Å². The van der Waals surface area contributed by atoms with E-state index in [2.05, 4.69) is 12.2 Å². The van der Waals surface area contributed by atoms with Gasteiger partial charge in [-0.2, -0.15) is 0 Å². The Morgan fingerprint density at radius 1 is 1.39 bits per heavy atom. The minimum absolute atomic E-state index is 0.0304. The third-order valence-corrected chi connectivity index (χ3v) is 3.73. The molecule has 3 nitrogen and oxygen atoms in total. The number of phenolic OH excluding ortho intramolecular Hbond substituents is 1. The lowest BCUT2D eigenvalue weighted by Crippen LogP contribution is -2.37. The van der Waals surface area contributed by atoms with E-state index in [1.54, 1.807) is 25.1 Å². The highest BCUT2D eigenvalue weighted by molar-refractivity contribution is 5.94. The minimum Gasteiger partial charge on any atom is -0.508 e. The van der Waals surface area contributed by atoms with Crippen molar-refractivity contribution < 1.29 is 9.90 Å². The van der Waals surface area contributed by atoms with E-state index in [4.69, 9.17) is 0 Å². The van der Waals surface area contributed by atoms with Gasteiger partial charge >= 0.3 is 0 Å². The van der Waals surface area contributed by atoms with Crippen molar-refractivity contribution in [2.45, 2.75) is 45.6 Å². The Kier molecular flexibility index (Phi) is 3.90. The van der Waals surface area contributed by atoms with Crippen molar-refractivity contribution in [1.82, 2.24) is 5.32 Å². The molecule has 1 aliphatic carbocycles. The normalized spacial score (nSPS) is 23.7. The molecule has 0 saturated heterocycles. The molecule has 0 aliphatic heterocycles. The van der Waals surface area contributed by atoms with Crippen LogP contribution >= 0.6 is 0 Å². The zero-order valence-electron chi connectivity index (χ0n) is 11.1. The number of aromatic hydroxyl groups is 1. The number of aryl methyl sites for hydroxylation is 1. The summed E-state index contributed by atoms with van der Waals surface area (Å²) < 4.78 is 0. The van der Waals surface area contributed by atoms with Gasteiger partial charge in [-0.15, -0.1) is 0 Å². The van der Waals surface area contributed by atoms with E-state index in [0.29, 0.717) is 17.5 Å². The average Bonchev–Trinajstić information content (AvgIpc) is 2.32. The molecule has 1 aromatic carbocycles. The molecule has 1 aliphatic rings. The molecule has 0 heterocycles. The van der Waals surface area contributed by atoms with Gasteiger partial charge in [0.1, 0.15) is 5.75 Å².